The average molecular weight is 750 g/mol. The zero-order valence-electron chi connectivity index (χ0n) is 32.1. The van der Waals surface area contributed by atoms with Crippen molar-refractivity contribution in [3.63, 3.8) is 0 Å². The molecule has 54 heavy (non-hydrogen) atoms. The molecule has 6 rings (SSSR count). The van der Waals surface area contributed by atoms with Gasteiger partial charge in [0.05, 0.1) is 30.0 Å². The van der Waals surface area contributed by atoms with Gasteiger partial charge in [-0.05, 0) is 89.0 Å². The molecule has 2 aliphatic rings. The first-order chi connectivity index (χ1) is 25.8. The first kappa shape index (κ1) is 39.0. The third-order valence-electron chi connectivity index (χ3n) is 10.9. The van der Waals surface area contributed by atoms with Gasteiger partial charge in [0, 0.05) is 47.6 Å². The van der Waals surface area contributed by atoms with Crippen LogP contribution in [-0.4, -0.2) is 59.6 Å². The van der Waals surface area contributed by atoms with Crippen LogP contribution in [0, 0.1) is 5.92 Å². The molecule has 1 saturated heterocycles. The fraction of sp³-hybridized carbons (Fsp3) is 0.395. The molecule has 3 heterocycles. The summed E-state index contributed by atoms with van der Waals surface area (Å²) in [6.45, 7) is 12.2. The number of nitrogens with zero attached hydrogens (tertiary/aromatic N) is 4. The number of amides is 2. The topological polar surface area (TPSA) is 110 Å². The Morgan fingerprint density at radius 2 is 1.76 bits per heavy atom. The lowest BCUT2D eigenvalue weighted by Crippen LogP contribution is -2.45. The van der Waals surface area contributed by atoms with Crippen molar-refractivity contribution in [1.82, 2.24) is 15.0 Å². The van der Waals surface area contributed by atoms with Crippen molar-refractivity contribution in [3.05, 3.63) is 131 Å². The van der Waals surface area contributed by atoms with Crippen molar-refractivity contribution in [2.45, 2.75) is 89.8 Å². The number of fused-ring (bicyclic) bond motifs is 2. The standard InChI is InChI=1S/C43H52FN5O4Si/c1-29(2)14-13-15-30(3)22-25-49-38-21-20-34(45-41(51)33-18-11-8-12-19-33)26-36(38)43(42(49)52)31(4)40(54(5,6)44)39(53-43)23-24-48-27-37(46-47-48)35(28-50)32-16-9-7-10-17-32/h7-12,14,16-22,26-27,31,35,39-40,50H,13,15,23-25,28H2,1-6H3,(H,45,51)/b30-22+/t31-,35?,39+,40-,43+/m1/s1. The van der Waals surface area contributed by atoms with E-state index in [2.05, 4.69) is 48.6 Å². The number of hydrogen-bond acceptors (Lipinski definition) is 6. The minimum absolute atomic E-state index is 0.117. The number of carbonyl (C=O) groups is 2. The Hall–Kier alpha value is -4.71. The highest BCUT2D eigenvalue weighted by molar-refractivity contribution is 6.72. The van der Waals surface area contributed by atoms with Gasteiger partial charge in [-0.25, -0.2) is 0 Å². The van der Waals surface area contributed by atoms with Gasteiger partial charge in [-0.1, -0.05) is 84.0 Å². The highest BCUT2D eigenvalue weighted by atomic mass is 28.4. The summed E-state index contributed by atoms with van der Waals surface area (Å²) in [5.41, 5.74) is 4.46. The van der Waals surface area contributed by atoms with Crippen LogP contribution in [0.15, 0.2) is 108 Å². The van der Waals surface area contributed by atoms with Crippen LogP contribution < -0.4 is 10.2 Å². The Labute approximate surface area is 319 Å². The maximum Gasteiger partial charge on any atom is 0.264 e. The number of aliphatic hydroxyl groups is 1. The highest BCUT2D eigenvalue weighted by Crippen LogP contribution is 2.60. The molecule has 0 aliphatic carbocycles. The van der Waals surface area contributed by atoms with Crippen LogP contribution in [0.5, 0.6) is 0 Å². The molecule has 0 bridgehead atoms. The summed E-state index contributed by atoms with van der Waals surface area (Å²) in [5, 5.41) is 21.9. The monoisotopic (exact) mass is 749 g/mol. The van der Waals surface area contributed by atoms with Crippen LogP contribution in [-0.2, 0) is 21.7 Å². The Morgan fingerprint density at radius 3 is 2.43 bits per heavy atom. The number of anilines is 2. The van der Waals surface area contributed by atoms with Gasteiger partial charge in [0.1, 0.15) is 0 Å². The normalized spacial score (nSPS) is 21.7. The number of carbonyl (C=O) groups excluding carboxylic acids is 2. The fourth-order valence-electron chi connectivity index (χ4n) is 8.20. The number of halogens is 1. The molecule has 284 valence electrons. The van der Waals surface area contributed by atoms with Crippen molar-refractivity contribution >= 4 is 31.6 Å². The smallest absolute Gasteiger partial charge is 0.264 e. The molecular formula is C43H52FN5O4Si. The van der Waals surface area contributed by atoms with E-state index < -0.39 is 31.6 Å². The van der Waals surface area contributed by atoms with E-state index in [1.165, 1.54) is 11.1 Å². The first-order valence-electron chi connectivity index (χ1n) is 18.9. The lowest BCUT2D eigenvalue weighted by atomic mass is 9.82. The zero-order valence-corrected chi connectivity index (χ0v) is 33.1. The molecule has 11 heteroatoms. The predicted octanol–water partition coefficient (Wildman–Crippen LogP) is 8.56. The number of ether oxygens (including phenoxy) is 1. The van der Waals surface area contributed by atoms with Crippen molar-refractivity contribution < 1.29 is 23.5 Å². The zero-order chi connectivity index (χ0) is 38.6. The van der Waals surface area contributed by atoms with E-state index in [1.807, 2.05) is 79.9 Å². The second-order valence-corrected chi connectivity index (χ2v) is 19.2. The van der Waals surface area contributed by atoms with Gasteiger partial charge in [0.15, 0.2) is 5.60 Å². The number of benzene rings is 3. The summed E-state index contributed by atoms with van der Waals surface area (Å²) < 4.78 is 25.3. The molecule has 1 aromatic heterocycles. The number of nitrogens with one attached hydrogen (secondary N) is 1. The van der Waals surface area contributed by atoms with Crippen LogP contribution in [0.4, 0.5) is 15.5 Å². The van der Waals surface area contributed by atoms with E-state index in [0.717, 1.165) is 18.4 Å². The van der Waals surface area contributed by atoms with E-state index >= 15 is 4.11 Å². The Bertz CT molecular complexity index is 2010. The minimum atomic E-state index is -3.42. The predicted molar refractivity (Wildman–Crippen MR) is 214 cm³/mol. The van der Waals surface area contributed by atoms with Crippen LogP contribution in [0.25, 0.3) is 0 Å². The third-order valence-corrected chi connectivity index (χ3v) is 13.4. The first-order valence-corrected chi connectivity index (χ1v) is 21.8. The summed E-state index contributed by atoms with van der Waals surface area (Å²) >= 11 is 0. The van der Waals surface area contributed by atoms with E-state index in [-0.39, 0.29) is 24.3 Å². The lowest BCUT2D eigenvalue weighted by Gasteiger charge is -2.31. The Morgan fingerprint density at radius 1 is 1.06 bits per heavy atom. The van der Waals surface area contributed by atoms with Crippen molar-refractivity contribution in [2.24, 2.45) is 5.92 Å². The molecule has 1 fully saturated rings. The second kappa shape index (κ2) is 16.3. The summed E-state index contributed by atoms with van der Waals surface area (Å²) in [6, 6.07) is 24.2. The van der Waals surface area contributed by atoms with Gasteiger partial charge >= 0.3 is 0 Å². The molecule has 3 aromatic carbocycles. The van der Waals surface area contributed by atoms with Crippen LogP contribution in [0.1, 0.15) is 80.1 Å². The van der Waals surface area contributed by atoms with Gasteiger partial charge in [0.2, 0.25) is 8.41 Å². The lowest BCUT2D eigenvalue weighted by molar-refractivity contribution is -0.145. The summed E-state index contributed by atoms with van der Waals surface area (Å²) in [6.07, 6.45) is 7.74. The molecule has 2 amide bonds. The van der Waals surface area contributed by atoms with Crippen LogP contribution in [0.3, 0.4) is 0 Å². The van der Waals surface area contributed by atoms with Gasteiger partial charge in [-0.2, -0.15) is 0 Å². The summed E-state index contributed by atoms with van der Waals surface area (Å²) in [7, 11) is -3.42. The largest absolute Gasteiger partial charge is 0.395 e. The van der Waals surface area contributed by atoms with Crippen LogP contribution >= 0.6 is 0 Å². The van der Waals surface area contributed by atoms with Crippen molar-refractivity contribution in [3.8, 4) is 0 Å². The van der Waals surface area contributed by atoms with E-state index in [1.54, 1.807) is 34.8 Å². The molecule has 4 aromatic rings. The van der Waals surface area contributed by atoms with Crippen molar-refractivity contribution in [1.29, 1.82) is 0 Å². The van der Waals surface area contributed by atoms with Gasteiger partial charge in [0.25, 0.3) is 11.8 Å². The maximum atomic E-state index is 16.6. The van der Waals surface area contributed by atoms with Gasteiger partial charge in [-0.15, -0.1) is 5.10 Å². The molecule has 1 spiro atoms. The Kier molecular flexibility index (Phi) is 11.8. The second-order valence-electron chi connectivity index (χ2n) is 15.5. The molecule has 5 atom stereocenters. The number of rotatable bonds is 14. The van der Waals surface area contributed by atoms with E-state index in [0.29, 0.717) is 47.7 Å². The highest BCUT2D eigenvalue weighted by Gasteiger charge is 2.66. The number of hydrogen-bond donors (Lipinski definition) is 2. The quantitative estimate of drug-likeness (QED) is 0.0760. The maximum absolute atomic E-state index is 16.6. The fourth-order valence-corrected chi connectivity index (χ4v) is 10.7. The summed E-state index contributed by atoms with van der Waals surface area (Å²) in [5.74, 6) is -1.29. The van der Waals surface area contributed by atoms with Gasteiger partial charge in [-0.3, -0.25) is 14.3 Å². The molecule has 2 aliphatic heterocycles. The van der Waals surface area contributed by atoms with E-state index in [9.17, 15) is 14.7 Å². The van der Waals surface area contributed by atoms with E-state index in [4.69, 9.17) is 4.74 Å². The molecular weight excluding hydrogens is 698 g/mol. The molecule has 0 radical (unpaired) electrons. The number of aromatic nitrogens is 3. The number of aliphatic hydroxyl groups excluding tert-OH is 1. The molecule has 0 saturated carbocycles. The van der Waals surface area contributed by atoms with Crippen molar-refractivity contribution in [2.75, 3.05) is 23.4 Å². The van der Waals surface area contributed by atoms with Gasteiger partial charge < -0.3 is 24.2 Å². The molecule has 9 nitrogen and oxygen atoms in total. The Balaban J connectivity index is 1.32. The SMILES string of the molecule is CC(C)=CCC/C(C)=C/CN1C(=O)[C@@]2(O[C@@H](CCn3cc(C(CO)c4ccccc4)nn3)[C@H]([Si](C)(C)F)[C@H]2C)c2cc(NC(=O)c3ccccc3)ccc21. The third kappa shape index (κ3) is 8.04. The summed E-state index contributed by atoms with van der Waals surface area (Å²) in [4.78, 5) is 29.9. The molecule has 1 unspecified atom stereocenters. The number of aryl methyl sites for hydroxylation is 1. The molecule has 2 N–H and O–H groups in total. The number of allylic oxidation sites excluding steroid dienone is 3. The average Bonchev–Trinajstić information content (AvgIpc) is 3.80. The minimum Gasteiger partial charge on any atom is -0.395 e. The van der Waals surface area contributed by atoms with Crippen LogP contribution in [0.2, 0.25) is 18.6 Å².